The molecule has 5 heteroatoms. The van der Waals surface area contributed by atoms with E-state index in [0.29, 0.717) is 5.76 Å². The first-order valence-electron chi connectivity index (χ1n) is 9.31. The molecular formula is C22H24N2O3. The Morgan fingerprint density at radius 3 is 2.37 bits per heavy atom. The lowest BCUT2D eigenvalue weighted by molar-refractivity contribution is -0.00521. The number of para-hydroxylation sites is 1. The largest absolute Gasteiger partial charge is 0.451 e. The standard InChI is InChI=1S/C22H24N2O3/c1-14-12-24(13-15(2)26-14)18-10-8-17(9-11-18)23-22(25)21-16(3)19-6-4-5-7-20(19)27-21/h4-11,14-15H,12-13H2,1-3H3,(H,23,25). The summed E-state index contributed by atoms with van der Waals surface area (Å²) in [5.41, 5.74) is 3.47. The molecule has 2 heterocycles. The van der Waals surface area contributed by atoms with E-state index in [4.69, 9.17) is 9.15 Å². The first-order chi connectivity index (χ1) is 13.0. The Morgan fingerprint density at radius 1 is 1.04 bits per heavy atom. The van der Waals surface area contributed by atoms with Crippen LogP contribution in [0, 0.1) is 6.92 Å². The Hall–Kier alpha value is -2.79. The predicted octanol–water partition coefficient (Wildman–Crippen LogP) is 4.61. The highest BCUT2D eigenvalue weighted by Crippen LogP contribution is 2.26. The van der Waals surface area contributed by atoms with Gasteiger partial charge in [0, 0.05) is 35.4 Å². The summed E-state index contributed by atoms with van der Waals surface area (Å²) < 4.78 is 11.5. The van der Waals surface area contributed by atoms with E-state index >= 15 is 0 Å². The van der Waals surface area contributed by atoms with Gasteiger partial charge in [0.15, 0.2) is 5.76 Å². The van der Waals surface area contributed by atoms with Crippen LogP contribution < -0.4 is 10.2 Å². The van der Waals surface area contributed by atoms with Crippen LogP contribution in [0.15, 0.2) is 52.9 Å². The highest BCUT2D eigenvalue weighted by Gasteiger charge is 2.22. The zero-order valence-electron chi connectivity index (χ0n) is 15.9. The Labute approximate surface area is 158 Å². The van der Waals surface area contributed by atoms with Gasteiger partial charge in [0.25, 0.3) is 5.91 Å². The van der Waals surface area contributed by atoms with Crippen molar-refractivity contribution in [1.82, 2.24) is 0 Å². The van der Waals surface area contributed by atoms with E-state index in [9.17, 15) is 4.79 Å². The quantitative estimate of drug-likeness (QED) is 0.737. The lowest BCUT2D eigenvalue weighted by Crippen LogP contribution is -2.45. The number of hydrogen-bond donors (Lipinski definition) is 1. The monoisotopic (exact) mass is 364 g/mol. The van der Waals surface area contributed by atoms with Crippen molar-refractivity contribution in [2.45, 2.75) is 33.0 Å². The number of nitrogens with one attached hydrogen (secondary N) is 1. The fourth-order valence-corrected chi connectivity index (χ4v) is 3.72. The number of benzene rings is 2. The minimum Gasteiger partial charge on any atom is -0.451 e. The fraction of sp³-hybridized carbons (Fsp3) is 0.318. The molecule has 140 valence electrons. The first kappa shape index (κ1) is 17.6. The highest BCUT2D eigenvalue weighted by molar-refractivity contribution is 6.06. The van der Waals surface area contributed by atoms with Gasteiger partial charge in [0.1, 0.15) is 5.58 Å². The molecule has 0 radical (unpaired) electrons. The summed E-state index contributed by atoms with van der Waals surface area (Å²) in [6.07, 6.45) is 0.424. The SMILES string of the molecule is Cc1c(C(=O)Nc2ccc(N3CC(C)OC(C)C3)cc2)oc2ccccc12. The van der Waals surface area contributed by atoms with E-state index in [1.54, 1.807) is 0 Å². The molecule has 0 spiro atoms. The van der Waals surface area contributed by atoms with Gasteiger partial charge in [-0.1, -0.05) is 18.2 Å². The predicted molar refractivity (Wildman–Crippen MR) is 108 cm³/mol. The van der Waals surface area contributed by atoms with E-state index < -0.39 is 0 Å². The van der Waals surface area contributed by atoms with Gasteiger partial charge in [-0.25, -0.2) is 0 Å². The molecule has 1 aliphatic heterocycles. The number of anilines is 2. The Bertz CT molecular complexity index is 951. The molecule has 0 saturated carbocycles. The van der Waals surface area contributed by atoms with Crippen molar-refractivity contribution in [2.75, 3.05) is 23.3 Å². The van der Waals surface area contributed by atoms with Crippen LogP contribution >= 0.6 is 0 Å². The van der Waals surface area contributed by atoms with E-state index in [1.807, 2.05) is 55.5 Å². The second-order valence-corrected chi connectivity index (χ2v) is 7.22. The number of amides is 1. The van der Waals surface area contributed by atoms with Crippen LogP contribution in [0.25, 0.3) is 11.0 Å². The average Bonchev–Trinajstić information content (AvgIpc) is 2.99. The van der Waals surface area contributed by atoms with Crippen molar-refractivity contribution >= 4 is 28.3 Å². The van der Waals surface area contributed by atoms with Gasteiger partial charge in [-0.3, -0.25) is 4.79 Å². The molecule has 27 heavy (non-hydrogen) atoms. The average molecular weight is 364 g/mol. The Morgan fingerprint density at radius 2 is 1.70 bits per heavy atom. The number of carbonyl (C=O) groups excluding carboxylic acids is 1. The molecule has 2 atom stereocenters. The summed E-state index contributed by atoms with van der Waals surface area (Å²) in [4.78, 5) is 15.0. The van der Waals surface area contributed by atoms with Gasteiger partial charge in [-0.2, -0.15) is 0 Å². The molecule has 1 saturated heterocycles. The molecule has 1 fully saturated rings. The number of rotatable bonds is 3. The summed E-state index contributed by atoms with van der Waals surface area (Å²) in [6, 6.07) is 15.6. The lowest BCUT2D eigenvalue weighted by atomic mass is 10.1. The van der Waals surface area contributed by atoms with Crippen molar-refractivity contribution in [1.29, 1.82) is 0 Å². The molecule has 4 rings (SSSR count). The van der Waals surface area contributed by atoms with Gasteiger partial charge in [0.05, 0.1) is 12.2 Å². The van der Waals surface area contributed by atoms with Gasteiger partial charge in [0.2, 0.25) is 0 Å². The van der Waals surface area contributed by atoms with E-state index in [1.165, 1.54) is 0 Å². The summed E-state index contributed by atoms with van der Waals surface area (Å²) in [7, 11) is 0. The molecule has 2 aromatic carbocycles. The summed E-state index contributed by atoms with van der Waals surface area (Å²) >= 11 is 0. The van der Waals surface area contributed by atoms with Crippen LogP contribution in [-0.2, 0) is 4.74 Å². The number of carbonyl (C=O) groups is 1. The molecule has 0 bridgehead atoms. The van der Waals surface area contributed by atoms with E-state index in [-0.39, 0.29) is 18.1 Å². The maximum absolute atomic E-state index is 12.6. The number of aryl methyl sites for hydroxylation is 1. The molecule has 3 aromatic rings. The van der Waals surface area contributed by atoms with Crippen LogP contribution in [0.3, 0.4) is 0 Å². The summed E-state index contributed by atoms with van der Waals surface area (Å²) in [5, 5.41) is 3.90. The number of furan rings is 1. The van der Waals surface area contributed by atoms with Crippen molar-refractivity contribution in [3.05, 3.63) is 59.9 Å². The third-order valence-corrected chi connectivity index (χ3v) is 4.96. The topological polar surface area (TPSA) is 54.7 Å². The van der Waals surface area contributed by atoms with Crippen molar-refractivity contribution < 1.29 is 13.9 Å². The van der Waals surface area contributed by atoms with Crippen molar-refractivity contribution in [2.24, 2.45) is 0 Å². The zero-order chi connectivity index (χ0) is 19.0. The highest BCUT2D eigenvalue weighted by atomic mass is 16.5. The Balaban J connectivity index is 1.49. The number of nitrogens with zero attached hydrogens (tertiary/aromatic N) is 1. The van der Waals surface area contributed by atoms with Gasteiger partial charge in [-0.15, -0.1) is 0 Å². The maximum atomic E-state index is 12.6. The fourth-order valence-electron chi connectivity index (χ4n) is 3.72. The number of fused-ring (bicyclic) bond motifs is 1. The Kier molecular flexibility index (Phi) is 4.62. The number of ether oxygens (including phenoxy) is 1. The van der Waals surface area contributed by atoms with E-state index in [0.717, 1.165) is 41.0 Å². The van der Waals surface area contributed by atoms with Crippen LogP contribution in [0.4, 0.5) is 11.4 Å². The number of hydrogen-bond acceptors (Lipinski definition) is 4. The van der Waals surface area contributed by atoms with Crippen LogP contribution in [0.5, 0.6) is 0 Å². The summed E-state index contributed by atoms with van der Waals surface area (Å²) in [6.45, 7) is 7.83. The molecule has 5 nitrogen and oxygen atoms in total. The minimum atomic E-state index is -0.231. The molecule has 1 N–H and O–H groups in total. The van der Waals surface area contributed by atoms with Gasteiger partial charge in [-0.05, 0) is 51.1 Å². The molecule has 1 amide bonds. The van der Waals surface area contributed by atoms with Crippen LogP contribution in [-0.4, -0.2) is 31.2 Å². The zero-order valence-corrected chi connectivity index (χ0v) is 15.9. The lowest BCUT2D eigenvalue weighted by Gasteiger charge is -2.36. The third-order valence-electron chi connectivity index (χ3n) is 4.96. The van der Waals surface area contributed by atoms with E-state index in [2.05, 4.69) is 24.1 Å². The molecule has 1 aliphatic rings. The number of morpholine rings is 1. The maximum Gasteiger partial charge on any atom is 0.291 e. The summed E-state index contributed by atoms with van der Waals surface area (Å²) in [5.74, 6) is 0.126. The normalized spacial score (nSPS) is 20.0. The smallest absolute Gasteiger partial charge is 0.291 e. The van der Waals surface area contributed by atoms with Gasteiger partial charge >= 0.3 is 0 Å². The third kappa shape index (κ3) is 3.55. The first-order valence-corrected chi connectivity index (χ1v) is 9.31. The van der Waals surface area contributed by atoms with Gasteiger partial charge < -0.3 is 19.4 Å². The minimum absolute atomic E-state index is 0.212. The molecule has 1 aromatic heterocycles. The second kappa shape index (κ2) is 7.08. The van der Waals surface area contributed by atoms with Crippen LogP contribution in [0.2, 0.25) is 0 Å². The molecular weight excluding hydrogens is 340 g/mol. The second-order valence-electron chi connectivity index (χ2n) is 7.22. The van der Waals surface area contributed by atoms with Crippen LogP contribution in [0.1, 0.15) is 30.0 Å². The molecule has 2 unspecified atom stereocenters. The van der Waals surface area contributed by atoms with Crippen molar-refractivity contribution in [3.63, 3.8) is 0 Å². The van der Waals surface area contributed by atoms with Crippen molar-refractivity contribution in [3.8, 4) is 0 Å². The molecule has 0 aliphatic carbocycles.